The fraction of sp³-hybridized carbons (Fsp3) is 0.0200. The number of aromatic nitrogens is 3. The normalized spacial score (nSPS) is 13.3. The first-order valence-electron chi connectivity index (χ1n) is 18.3. The standard InChI is InChI=1S/C50H31N3S/c1-3-15-32(16-4-1)35-28-29-40(37-20-8-7-19-36(35)37)49-52-47(33-17-5-2-6-18-33)51-48(53-49)34-27-30-46-44(31-34)50(43-25-13-14-26-45(43)54-46)41-23-11-9-21-38(41)39-22-10-12-24-42(39)50/h1-31H. The minimum atomic E-state index is -0.484. The third-order valence-electron chi connectivity index (χ3n) is 11.0. The Morgan fingerprint density at radius 1 is 0.315 bits per heavy atom. The Kier molecular flexibility index (Phi) is 7.01. The molecule has 0 radical (unpaired) electrons. The molecule has 0 fully saturated rings. The van der Waals surface area contributed by atoms with E-state index in [0.29, 0.717) is 17.5 Å². The summed E-state index contributed by atoms with van der Waals surface area (Å²) in [6.07, 6.45) is 0. The molecule has 8 aromatic carbocycles. The maximum absolute atomic E-state index is 5.32. The van der Waals surface area contributed by atoms with Crippen molar-refractivity contribution in [3.8, 4) is 56.4 Å². The van der Waals surface area contributed by atoms with Crippen LogP contribution in [0.4, 0.5) is 0 Å². The Morgan fingerprint density at radius 2 is 0.815 bits per heavy atom. The van der Waals surface area contributed by atoms with Crippen LogP contribution in [0.25, 0.3) is 67.2 Å². The van der Waals surface area contributed by atoms with E-state index >= 15 is 0 Å². The molecule has 11 rings (SSSR count). The van der Waals surface area contributed by atoms with Gasteiger partial charge in [0.25, 0.3) is 0 Å². The lowest BCUT2D eigenvalue weighted by Crippen LogP contribution is -2.32. The summed E-state index contributed by atoms with van der Waals surface area (Å²) in [6, 6.07) is 67.3. The van der Waals surface area contributed by atoms with E-state index in [1.165, 1.54) is 54.3 Å². The molecule has 2 heterocycles. The smallest absolute Gasteiger partial charge is 0.164 e. The highest BCUT2D eigenvalue weighted by atomic mass is 32.2. The fourth-order valence-electron chi connectivity index (χ4n) is 8.70. The molecule has 0 unspecified atom stereocenters. The van der Waals surface area contributed by atoms with Crippen molar-refractivity contribution in [3.05, 3.63) is 210 Å². The summed E-state index contributed by atoms with van der Waals surface area (Å²) in [5, 5.41) is 2.26. The monoisotopic (exact) mass is 705 g/mol. The lowest BCUT2D eigenvalue weighted by molar-refractivity contribution is 0.722. The number of benzene rings is 8. The minimum Gasteiger partial charge on any atom is -0.208 e. The quantitative estimate of drug-likeness (QED) is 0.183. The molecule has 1 aliphatic heterocycles. The minimum absolute atomic E-state index is 0.484. The van der Waals surface area contributed by atoms with Gasteiger partial charge in [0.15, 0.2) is 17.5 Å². The van der Waals surface area contributed by atoms with Crippen molar-refractivity contribution < 1.29 is 0 Å². The van der Waals surface area contributed by atoms with Crippen LogP contribution in [0.1, 0.15) is 22.3 Å². The second-order valence-corrected chi connectivity index (χ2v) is 15.0. The Bertz CT molecular complexity index is 2870. The number of rotatable bonds is 4. The van der Waals surface area contributed by atoms with E-state index in [4.69, 9.17) is 15.0 Å². The van der Waals surface area contributed by atoms with Crippen molar-refractivity contribution in [1.82, 2.24) is 15.0 Å². The summed E-state index contributed by atoms with van der Waals surface area (Å²) >= 11 is 1.84. The van der Waals surface area contributed by atoms with Crippen LogP contribution < -0.4 is 0 Å². The van der Waals surface area contributed by atoms with Gasteiger partial charge in [-0.1, -0.05) is 176 Å². The average Bonchev–Trinajstić information content (AvgIpc) is 3.54. The average molecular weight is 706 g/mol. The Morgan fingerprint density at radius 3 is 1.52 bits per heavy atom. The van der Waals surface area contributed by atoms with E-state index in [-0.39, 0.29) is 0 Å². The number of hydrogen-bond acceptors (Lipinski definition) is 4. The highest BCUT2D eigenvalue weighted by molar-refractivity contribution is 7.99. The molecule has 9 aromatic rings. The van der Waals surface area contributed by atoms with E-state index in [1.54, 1.807) is 0 Å². The van der Waals surface area contributed by atoms with Crippen LogP contribution in [-0.2, 0) is 5.41 Å². The summed E-state index contributed by atoms with van der Waals surface area (Å²) in [6.45, 7) is 0. The lowest BCUT2D eigenvalue weighted by Gasteiger charge is -2.39. The third kappa shape index (κ3) is 4.60. The van der Waals surface area contributed by atoms with Crippen molar-refractivity contribution in [2.45, 2.75) is 15.2 Å². The highest BCUT2D eigenvalue weighted by Crippen LogP contribution is 2.62. The molecule has 1 aliphatic carbocycles. The molecule has 0 bridgehead atoms. The van der Waals surface area contributed by atoms with Crippen LogP contribution in [-0.4, -0.2) is 15.0 Å². The van der Waals surface area contributed by atoms with Crippen LogP contribution in [0.3, 0.4) is 0 Å². The van der Waals surface area contributed by atoms with Gasteiger partial charge in [-0.05, 0) is 79.5 Å². The zero-order chi connectivity index (χ0) is 35.6. The Labute approximate surface area is 318 Å². The molecule has 0 N–H and O–H groups in total. The summed E-state index contributed by atoms with van der Waals surface area (Å²) in [4.78, 5) is 18.2. The Balaban J connectivity index is 1.16. The van der Waals surface area contributed by atoms with Crippen LogP contribution in [0, 0.1) is 0 Å². The van der Waals surface area contributed by atoms with E-state index in [0.717, 1.165) is 27.5 Å². The van der Waals surface area contributed by atoms with Gasteiger partial charge in [0.1, 0.15) is 0 Å². The first-order valence-corrected chi connectivity index (χ1v) is 19.1. The van der Waals surface area contributed by atoms with Crippen molar-refractivity contribution in [1.29, 1.82) is 0 Å². The molecule has 1 aromatic heterocycles. The van der Waals surface area contributed by atoms with Crippen molar-refractivity contribution in [2.75, 3.05) is 0 Å². The first kappa shape index (κ1) is 31.0. The highest BCUT2D eigenvalue weighted by Gasteiger charge is 2.50. The molecule has 0 saturated heterocycles. The third-order valence-corrected chi connectivity index (χ3v) is 12.2. The second-order valence-electron chi connectivity index (χ2n) is 13.9. The summed E-state index contributed by atoms with van der Waals surface area (Å²) in [7, 11) is 0. The van der Waals surface area contributed by atoms with Gasteiger partial charge in [0.2, 0.25) is 0 Å². The SMILES string of the molecule is c1ccc(-c2nc(-c3ccc4c(c3)C3(c5ccccc5S4)c4ccccc4-c4ccccc43)nc(-c3ccc(-c4ccccc4)c4ccccc34)n2)cc1. The molecule has 2 aliphatic rings. The predicted molar refractivity (Wildman–Crippen MR) is 221 cm³/mol. The molecule has 4 heteroatoms. The van der Waals surface area contributed by atoms with Crippen LogP contribution >= 0.6 is 11.8 Å². The molecule has 1 spiro atoms. The van der Waals surface area contributed by atoms with Gasteiger partial charge in [0.05, 0.1) is 5.41 Å². The van der Waals surface area contributed by atoms with Crippen LogP contribution in [0.5, 0.6) is 0 Å². The van der Waals surface area contributed by atoms with E-state index in [2.05, 4.69) is 170 Å². The van der Waals surface area contributed by atoms with E-state index < -0.39 is 5.41 Å². The number of fused-ring (bicyclic) bond motifs is 10. The summed E-state index contributed by atoms with van der Waals surface area (Å²) < 4.78 is 0. The van der Waals surface area contributed by atoms with E-state index in [1.807, 2.05) is 30.0 Å². The maximum atomic E-state index is 5.32. The maximum Gasteiger partial charge on any atom is 0.164 e. The fourth-order valence-corrected chi connectivity index (χ4v) is 9.87. The lowest BCUT2D eigenvalue weighted by atomic mass is 9.67. The summed E-state index contributed by atoms with van der Waals surface area (Å²) in [5.41, 5.74) is 12.5. The second kappa shape index (κ2) is 12.2. The van der Waals surface area contributed by atoms with Crippen LogP contribution in [0.15, 0.2) is 198 Å². The van der Waals surface area contributed by atoms with Crippen molar-refractivity contribution in [2.24, 2.45) is 0 Å². The molecule has 54 heavy (non-hydrogen) atoms. The first-order chi connectivity index (χ1) is 26.8. The van der Waals surface area contributed by atoms with Crippen LogP contribution in [0.2, 0.25) is 0 Å². The molecule has 0 amide bonds. The van der Waals surface area contributed by atoms with Gasteiger partial charge < -0.3 is 0 Å². The number of hydrogen-bond donors (Lipinski definition) is 0. The van der Waals surface area contributed by atoms with Gasteiger partial charge in [0, 0.05) is 26.5 Å². The molecule has 0 saturated carbocycles. The largest absolute Gasteiger partial charge is 0.208 e. The zero-order valence-corrected chi connectivity index (χ0v) is 30.0. The number of nitrogens with zero attached hydrogens (tertiary/aromatic N) is 3. The topological polar surface area (TPSA) is 38.7 Å². The molecule has 252 valence electrons. The van der Waals surface area contributed by atoms with Crippen molar-refractivity contribution in [3.63, 3.8) is 0 Å². The molecule has 3 nitrogen and oxygen atoms in total. The van der Waals surface area contributed by atoms with E-state index in [9.17, 15) is 0 Å². The Hall–Kier alpha value is -6.62. The molecular weight excluding hydrogens is 675 g/mol. The van der Waals surface area contributed by atoms with Gasteiger partial charge in [-0.3, -0.25) is 0 Å². The zero-order valence-electron chi connectivity index (χ0n) is 29.1. The van der Waals surface area contributed by atoms with Gasteiger partial charge in [-0.25, -0.2) is 15.0 Å². The molecule has 0 atom stereocenters. The molecular formula is C50H31N3S. The van der Waals surface area contributed by atoms with Gasteiger partial charge in [-0.15, -0.1) is 0 Å². The van der Waals surface area contributed by atoms with Crippen molar-refractivity contribution >= 4 is 22.5 Å². The summed E-state index contributed by atoms with van der Waals surface area (Å²) in [5.74, 6) is 1.95. The van der Waals surface area contributed by atoms with Gasteiger partial charge >= 0.3 is 0 Å². The van der Waals surface area contributed by atoms with Gasteiger partial charge in [-0.2, -0.15) is 0 Å². The predicted octanol–water partition coefficient (Wildman–Crippen LogP) is 12.5.